The number of rotatable bonds is 8. The van der Waals surface area contributed by atoms with Crippen LogP contribution in [0.4, 0.5) is 0 Å². The third kappa shape index (κ3) is 4.75. The molecular weight excluding hydrogens is 308 g/mol. The first kappa shape index (κ1) is 16.9. The summed E-state index contributed by atoms with van der Waals surface area (Å²) in [5, 5.41) is 3.41. The molecule has 1 aliphatic rings. The van der Waals surface area contributed by atoms with Crippen molar-refractivity contribution >= 4 is 21.4 Å². The van der Waals surface area contributed by atoms with E-state index in [0.717, 1.165) is 16.3 Å². The fourth-order valence-corrected chi connectivity index (χ4v) is 5.21. The highest BCUT2D eigenvalue weighted by atomic mass is 32.2. The van der Waals surface area contributed by atoms with Gasteiger partial charge in [0.15, 0.2) is 0 Å². The van der Waals surface area contributed by atoms with E-state index in [-0.39, 0.29) is 0 Å². The molecule has 0 atom stereocenters. The second kappa shape index (κ2) is 6.34. The van der Waals surface area contributed by atoms with Crippen LogP contribution < -0.4 is 10.0 Å². The number of hydrogen-bond acceptors (Lipinski definition) is 5. The molecule has 0 unspecified atom stereocenters. The van der Waals surface area contributed by atoms with Crippen molar-refractivity contribution < 1.29 is 13.2 Å². The number of ether oxygens (including phenoxy) is 1. The van der Waals surface area contributed by atoms with E-state index in [4.69, 9.17) is 4.74 Å². The number of methoxy groups -OCH3 is 1. The highest BCUT2D eigenvalue weighted by Crippen LogP contribution is 2.28. The normalized spacial score (nSPS) is 16.4. The van der Waals surface area contributed by atoms with Crippen LogP contribution >= 0.6 is 11.3 Å². The van der Waals surface area contributed by atoms with Crippen LogP contribution in [-0.2, 0) is 21.3 Å². The minimum Gasteiger partial charge on any atom is -0.383 e. The minimum absolute atomic E-state index is 0.325. The topological polar surface area (TPSA) is 67.4 Å². The molecule has 7 heteroatoms. The molecule has 1 aromatic rings. The van der Waals surface area contributed by atoms with Crippen LogP contribution in [0.2, 0.25) is 0 Å². The van der Waals surface area contributed by atoms with E-state index in [0.29, 0.717) is 17.5 Å². The highest BCUT2D eigenvalue weighted by Gasteiger charge is 2.28. The molecule has 0 aromatic carbocycles. The SMILES string of the molecule is COCC(C)(C)NS(=O)(=O)c1cc(CNC2CC2)sc1C. The van der Waals surface area contributed by atoms with E-state index in [2.05, 4.69) is 10.0 Å². The average molecular weight is 332 g/mol. The zero-order valence-electron chi connectivity index (χ0n) is 13.0. The molecule has 0 bridgehead atoms. The number of nitrogens with one attached hydrogen (secondary N) is 2. The van der Waals surface area contributed by atoms with Gasteiger partial charge in [-0.3, -0.25) is 0 Å². The molecule has 120 valence electrons. The average Bonchev–Trinajstić information content (AvgIpc) is 3.07. The lowest BCUT2D eigenvalue weighted by atomic mass is 10.1. The Morgan fingerprint density at radius 1 is 1.43 bits per heavy atom. The molecule has 1 aromatic heterocycles. The van der Waals surface area contributed by atoms with Crippen LogP contribution in [0.5, 0.6) is 0 Å². The van der Waals surface area contributed by atoms with E-state index in [1.807, 2.05) is 20.8 Å². The van der Waals surface area contributed by atoms with Crippen LogP contribution in [0.1, 0.15) is 36.4 Å². The molecule has 1 heterocycles. The van der Waals surface area contributed by atoms with Gasteiger partial charge in [-0.15, -0.1) is 11.3 Å². The summed E-state index contributed by atoms with van der Waals surface area (Å²) in [5.74, 6) is 0. The molecule has 0 spiro atoms. The summed E-state index contributed by atoms with van der Waals surface area (Å²) in [4.78, 5) is 2.26. The molecule has 2 N–H and O–H groups in total. The molecule has 0 amide bonds. The van der Waals surface area contributed by atoms with Crippen molar-refractivity contribution in [2.45, 2.75) is 56.6 Å². The van der Waals surface area contributed by atoms with E-state index in [9.17, 15) is 8.42 Å². The molecule has 5 nitrogen and oxygen atoms in total. The van der Waals surface area contributed by atoms with Crippen LogP contribution in [0, 0.1) is 6.92 Å². The molecule has 1 aliphatic carbocycles. The van der Waals surface area contributed by atoms with Gasteiger partial charge in [0.25, 0.3) is 0 Å². The van der Waals surface area contributed by atoms with Gasteiger partial charge < -0.3 is 10.1 Å². The fraction of sp³-hybridized carbons (Fsp3) is 0.714. The summed E-state index contributed by atoms with van der Waals surface area (Å²) in [7, 11) is -1.96. The standard InChI is InChI=1S/C14H24N2O3S2/c1-10-13(7-12(20-10)8-15-11-5-6-11)21(17,18)16-14(2,3)9-19-4/h7,11,15-16H,5-6,8-9H2,1-4H3. The van der Waals surface area contributed by atoms with Gasteiger partial charge in [-0.2, -0.15) is 0 Å². The maximum Gasteiger partial charge on any atom is 0.242 e. The van der Waals surface area contributed by atoms with E-state index < -0.39 is 15.6 Å². The third-order valence-electron chi connectivity index (χ3n) is 3.27. The van der Waals surface area contributed by atoms with Crippen molar-refractivity contribution in [1.29, 1.82) is 0 Å². The maximum absolute atomic E-state index is 12.5. The predicted molar refractivity (Wildman–Crippen MR) is 85.2 cm³/mol. The Morgan fingerprint density at radius 3 is 2.67 bits per heavy atom. The summed E-state index contributed by atoms with van der Waals surface area (Å²) < 4.78 is 32.8. The number of hydrogen-bond donors (Lipinski definition) is 2. The molecule has 21 heavy (non-hydrogen) atoms. The number of aryl methyl sites for hydroxylation is 1. The van der Waals surface area contributed by atoms with E-state index in [1.165, 1.54) is 24.2 Å². The predicted octanol–water partition coefficient (Wildman–Crippen LogP) is 2.01. The van der Waals surface area contributed by atoms with Crippen molar-refractivity contribution in [3.63, 3.8) is 0 Å². The summed E-state index contributed by atoms with van der Waals surface area (Å²) >= 11 is 1.54. The van der Waals surface area contributed by atoms with Crippen molar-refractivity contribution in [3.8, 4) is 0 Å². The Morgan fingerprint density at radius 2 is 2.10 bits per heavy atom. The lowest BCUT2D eigenvalue weighted by molar-refractivity contribution is 0.141. The Bertz CT molecular complexity index is 589. The summed E-state index contributed by atoms with van der Waals surface area (Å²) in [6, 6.07) is 2.40. The largest absolute Gasteiger partial charge is 0.383 e. The first-order chi connectivity index (χ1) is 9.73. The van der Waals surface area contributed by atoms with Crippen LogP contribution in [0.25, 0.3) is 0 Å². The van der Waals surface area contributed by atoms with Gasteiger partial charge in [-0.25, -0.2) is 13.1 Å². The van der Waals surface area contributed by atoms with Gasteiger partial charge >= 0.3 is 0 Å². The molecule has 0 saturated heterocycles. The monoisotopic (exact) mass is 332 g/mol. The van der Waals surface area contributed by atoms with Crippen molar-refractivity contribution in [3.05, 3.63) is 15.8 Å². The molecule has 1 saturated carbocycles. The van der Waals surface area contributed by atoms with Gasteiger partial charge in [-0.05, 0) is 39.7 Å². The maximum atomic E-state index is 12.5. The van der Waals surface area contributed by atoms with Crippen molar-refractivity contribution in [2.75, 3.05) is 13.7 Å². The van der Waals surface area contributed by atoms with E-state index >= 15 is 0 Å². The lowest BCUT2D eigenvalue weighted by Crippen LogP contribution is -2.46. The minimum atomic E-state index is -3.52. The molecular formula is C14H24N2O3S2. The van der Waals surface area contributed by atoms with Gasteiger partial charge in [0.2, 0.25) is 10.0 Å². The molecule has 0 radical (unpaired) electrons. The Labute approximate surface area is 131 Å². The second-order valence-corrected chi connectivity index (χ2v) is 9.20. The number of sulfonamides is 1. The van der Waals surface area contributed by atoms with Crippen molar-refractivity contribution in [2.24, 2.45) is 0 Å². The Balaban J connectivity index is 2.11. The highest BCUT2D eigenvalue weighted by molar-refractivity contribution is 7.89. The van der Waals surface area contributed by atoms with Crippen LogP contribution in [0.15, 0.2) is 11.0 Å². The first-order valence-corrected chi connectivity index (χ1v) is 9.39. The first-order valence-electron chi connectivity index (χ1n) is 7.09. The van der Waals surface area contributed by atoms with Gasteiger partial charge in [0, 0.05) is 29.5 Å². The third-order valence-corrected chi connectivity index (χ3v) is 6.28. The van der Waals surface area contributed by atoms with E-state index in [1.54, 1.807) is 13.2 Å². The van der Waals surface area contributed by atoms with Crippen molar-refractivity contribution in [1.82, 2.24) is 10.0 Å². The lowest BCUT2D eigenvalue weighted by Gasteiger charge is -2.24. The fourth-order valence-electron chi connectivity index (χ4n) is 2.22. The smallest absolute Gasteiger partial charge is 0.242 e. The molecule has 0 aliphatic heterocycles. The zero-order chi connectivity index (χ0) is 15.7. The van der Waals surface area contributed by atoms with Gasteiger partial charge in [0.05, 0.1) is 17.0 Å². The second-order valence-electron chi connectivity index (χ2n) is 6.21. The van der Waals surface area contributed by atoms with Gasteiger partial charge in [-0.1, -0.05) is 0 Å². The molecule has 2 rings (SSSR count). The quantitative estimate of drug-likeness (QED) is 0.764. The van der Waals surface area contributed by atoms with Gasteiger partial charge in [0.1, 0.15) is 0 Å². The molecule has 1 fully saturated rings. The summed E-state index contributed by atoms with van der Waals surface area (Å²) in [5.41, 5.74) is -0.631. The van der Waals surface area contributed by atoms with Crippen LogP contribution in [-0.4, -0.2) is 33.7 Å². The number of thiophene rings is 1. The zero-order valence-corrected chi connectivity index (χ0v) is 14.7. The summed E-state index contributed by atoms with van der Waals surface area (Å²) in [6.45, 7) is 6.54. The summed E-state index contributed by atoms with van der Waals surface area (Å²) in [6.07, 6.45) is 2.45. The van der Waals surface area contributed by atoms with Crippen LogP contribution in [0.3, 0.4) is 0 Å². The Hall–Kier alpha value is -0.470. The Kier molecular flexibility index (Phi) is 5.10.